The molecule has 0 aromatic carbocycles. The predicted molar refractivity (Wildman–Crippen MR) is 64.3 cm³/mol. The van der Waals surface area contributed by atoms with Gasteiger partial charge in [-0.2, -0.15) is 0 Å². The summed E-state index contributed by atoms with van der Waals surface area (Å²) < 4.78 is 0. The van der Waals surface area contributed by atoms with E-state index in [0.717, 1.165) is 23.7 Å². The third-order valence-electron chi connectivity index (χ3n) is 2.36. The molecule has 0 bridgehead atoms. The van der Waals surface area contributed by atoms with Crippen molar-refractivity contribution in [2.45, 2.75) is 46.3 Å². The van der Waals surface area contributed by atoms with Crippen LogP contribution in [0, 0.1) is 13.8 Å². The zero-order valence-corrected chi connectivity index (χ0v) is 10.7. The first-order valence-electron chi connectivity index (χ1n) is 5.36. The molecule has 2 unspecified atom stereocenters. The molecule has 2 N–H and O–H groups in total. The van der Waals surface area contributed by atoms with Gasteiger partial charge in [0.2, 0.25) is 0 Å². The second-order valence-electron chi connectivity index (χ2n) is 3.99. The quantitative estimate of drug-likeness (QED) is 0.812. The summed E-state index contributed by atoms with van der Waals surface area (Å²) in [6.45, 7) is 8.89. The van der Waals surface area contributed by atoms with Crippen LogP contribution in [0.15, 0.2) is 0 Å². The highest BCUT2D eigenvalue weighted by Gasteiger charge is 2.12. The van der Waals surface area contributed by atoms with E-state index < -0.39 is 0 Å². The van der Waals surface area contributed by atoms with Crippen molar-refractivity contribution in [2.24, 2.45) is 0 Å². The highest BCUT2D eigenvalue weighted by molar-refractivity contribution is 7.11. The zero-order chi connectivity index (χ0) is 11.4. The van der Waals surface area contributed by atoms with Gasteiger partial charge in [-0.25, -0.2) is 4.98 Å². The Morgan fingerprint density at radius 2 is 2.07 bits per heavy atom. The molecule has 86 valence electrons. The molecule has 1 aromatic rings. The van der Waals surface area contributed by atoms with Crippen LogP contribution in [0.5, 0.6) is 0 Å². The van der Waals surface area contributed by atoms with Gasteiger partial charge >= 0.3 is 0 Å². The molecule has 0 saturated carbocycles. The summed E-state index contributed by atoms with van der Waals surface area (Å²) in [6.07, 6.45) is 0.551. The third-order valence-corrected chi connectivity index (χ3v) is 3.26. The Morgan fingerprint density at radius 3 is 2.53 bits per heavy atom. The van der Waals surface area contributed by atoms with Crippen LogP contribution in [0.1, 0.15) is 41.9 Å². The molecule has 0 aliphatic rings. The van der Waals surface area contributed by atoms with Gasteiger partial charge in [0.15, 0.2) is 0 Å². The molecule has 0 radical (unpaired) electrons. The van der Waals surface area contributed by atoms with E-state index in [1.165, 1.54) is 4.88 Å². The lowest BCUT2D eigenvalue weighted by molar-refractivity contribution is 0.182. The number of aryl methyl sites for hydroxylation is 2. The van der Waals surface area contributed by atoms with Crippen molar-refractivity contribution in [3.05, 3.63) is 15.6 Å². The third kappa shape index (κ3) is 3.89. The molecule has 0 aliphatic carbocycles. The maximum absolute atomic E-state index is 9.14. The van der Waals surface area contributed by atoms with E-state index in [4.69, 9.17) is 5.11 Å². The molecule has 2 atom stereocenters. The Kier molecular flexibility index (Phi) is 4.70. The Morgan fingerprint density at radius 1 is 1.40 bits per heavy atom. The normalized spacial score (nSPS) is 15.3. The van der Waals surface area contributed by atoms with Gasteiger partial charge in [0.25, 0.3) is 0 Å². The lowest BCUT2D eigenvalue weighted by Crippen LogP contribution is -2.23. The van der Waals surface area contributed by atoms with Gasteiger partial charge in [0, 0.05) is 10.9 Å². The molecule has 0 aliphatic heterocycles. The fourth-order valence-corrected chi connectivity index (χ4v) is 2.47. The first-order valence-corrected chi connectivity index (χ1v) is 6.17. The van der Waals surface area contributed by atoms with Crippen molar-refractivity contribution in [1.29, 1.82) is 0 Å². The largest absolute Gasteiger partial charge is 0.393 e. The van der Waals surface area contributed by atoms with E-state index in [9.17, 15) is 0 Å². The van der Waals surface area contributed by atoms with Crippen molar-refractivity contribution < 1.29 is 5.11 Å². The molecular weight excluding hydrogens is 208 g/mol. The smallest absolute Gasteiger partial charge is 0.0900 e. The molecule has 0 spiro atoms. The van der Waals surface area contributed by atoms with Gasteiger partial charge in [-0.15, -0.1) is 11.3 Å². The summed E-state index contributed by atoms with van der Waals surface area (Å²) in [5, 5.41) is 13.6. The lowest BCUT2D eigenvalue weighted by Gasteiger charge is -2.13. The van der Waals surface area contributed by atoms with Crippen molar-refractivity contribution in [1.82, 2.24) is 10.3 Å². The SMILES string of the molecule is Cc1nc(C(C)NCCC(C)O)c(C)s1. The molecule has 3 nitrogen and oxygen atoms in total. The predicted octanol–water partition coefficient (Wildman–Crippen LogP) is 2.18. The number of aliphatic hydroxyl groups is 1. The minimum atomic E-state index is -0.233. The second-order valence-corrected chi connectivity index (χ2v) is 5.40. The maximum Gasteiger partial charge on any atom is 0.0900 e. The molecule has 15 heavy (non-hydrogen) atoms. The molecule has 1 rings (SSSR count). The van der Waals surface area contributed by atoms with E-state index in [1.807, 2.05) is 13.8 Å². The zero-order valence-electron chi connectivity index (χ0n) is 9.87. The number of aromatic nitrogens is 1. The Hall–Kier alpha value is -0.450. The summed E-state index contributed by atoms with van der Waals surface area (Å²) in [5.74, 6) is 0. The van der Waals surface area contributed by atoms with E-state index >= 15 is 0 Å². The van der Waals surface area contributed by atoms with Crippen LogP contribution in [0.4, 0.5) is 0 Å². The van der Waals surface area contributed by atoms with E-state index in [-0.39, 0.29) is 12.1 Å². The van der Waals surface area contributed by atoms with Crippen LogP contribution in [-0.4, -0.2) is 22.7 Å². The lowest BCUT2D eigenvalue weighted by atomic mass is 10.2. The number of rotatable bonds is 5. The summed E-state index contributed by atoms with van der Waals surface area (Å²) in [7, 11) is 0. The molecule has 1 aromatic heterocycles. The molecule has 0 amide bonds. The number of aliphatic hydroxyl groups excluding tert-OH is 1. The Labute approximate surface area is 95.6 Å². The molecule has 4 heteroatoms. The topological polar surface area (TPSA) is 45.2 Å². The summed E-state index contributed by atoms with van der Waals surface area (Å²) >= 11 is 1.74. The standard InChI is InChI=1S/C11H20N2OS/c1-7(14)5-6-12-8(2)11-9(3)15-10(4)13-11/h7-8,12,14H,5-6H2,1-4H3. The number of hydrogen-bond acceptors (Lipinski definition) is 4. The van der Waals surface area contributed by atoms with Crippen LogP contribution in [0.25, 0.3) is 0 Å². The van der Waals surface area contributed by atoms with Gasteiger partial charge in [-0.3, -0.25) is 0 Å². The minimum Gasteiger partial charge on any atom is -0.393 e. The summed E-state index contributed by atoms with van der Waals surface area (Å²) in [4.78, 5) is 5.78. The van der Waals surface area contributed by atoms with Crippen molar-refractivity contribution in [3.8, 4) is 0 Å². The van der Waals surface area contributed by atoms with E-state index in [1.54, 1.807) is 11.3 Å². The molecule has 0 saturated heterocycles. The fraction of sp³-hybridized carbons (Fsp3) is 0.727. The summed E-state index contributed by atoms with van der Waals surface area (Å²) in [6, 6.07) is 0.272. The molecule has 0 fully saturated rings. The van der Waals surface area contributed by atoms with Crippen LogP contribution < -0.4 is 5.32 Å². The van der Waals surface area contributed by atoms with Crippen molar-refractivity contribution >= 4 is 11.3 Å². The monoisotopic (exact) mass is 228 g/mol. The fourth-order valence-electron chi connectivity index (χ4n) is 1.55. The van der Waals surface area contributed by atoms with Crippen molar-refractivity contribution in [2.75, 3.05) is 6.54 Å². The van der Waals surface area contributed by atoms with Crippen LogP contribution in [-0.2, 0) is 0 Å². The van der Waals surface area contributed by atoms with E-state index in [2.05, 4.69) is 24.1 Å². The van der Waals surface area contributed by atoms with Crippen molar-refractivity contribution in [3.63, 3.8) is 0 Å². The number of nitrogens with zero attached hydrogens (tertiary/aromatic N) is 1. The average Bonchev–Trinajstić information content (AvgIpc) is 2.44. The first kappa shape index (κ1) is 12.6. The van der Waals surface area contributed by atoms with Gasteiger partial charge in [-0.1, -0.05) is 0 Å². The number of nitrogens with one attached hydrogen (secondary N) is 1. The molecular formula is C11H20N2OS. The summed E-state index contributed by atoms with van der Waals surface area (Å²) in [5.41, 5.74) is 1.14. The van der Waals surface area contributed by atoms with Gasteiger partial charge < -0.3 is 10.4 Å². The highest BCUT2D eigenvalue weighted by Crippen LogP contribution is 2.22. The first-order chi connectivity index (χ1) is 7.00. The Bertz CT molecular complexity index is 310. The number of thiazole rings is 1. The number of hydrogen-bond donors (Lipinski definition) is 2. The Balaban J connectivity index is 2.46. The van der Waals surface area contributed by atoms with Gasteiger partial charge in [0.05, 0.1) is 16.8 Å². The van der Waals surface area contributed by atoms with Crippen LogP contribution in [0.3, 0.4) is 0 Å². The molecule has 1 heterocycles. The second kappa shape index (κ2) is 5.58. The van der Waals surface area contributed by atoms with Crippen LogP contribution >= 0.6 is 11.3 Å². The highest BCUT2D eigenvalue weighted by atomic mass is 32.1. The average molecular weight is 228 g/mol. The van der Waals surface area contributed by atoms with Crippen LogP contribution in [0.2, 0.25) is 0 Å². The maximum atomic E-state index is 9.14. The minimum absolute atomic E-state index is 0.233. The van der Waals surface area contributed by atoms with E-state index in [0.29, 0.717) is 0 Å². The van der Waals surface area contributed by atoms with Gasteiger partial charge in [0.1, 0.15) is 0 Å². The van der Waals surface area contributed by atoms with Gasteiger partial charge in [-0.05, 0) is 40.7 Å².